The third-order valence-corrected chi connectivity index (χ3v) is 4.87. The summed E-state index contributed by atoms with van der Waals surface area (Å²) >= 11 is 0. The summed E-state index contributed by atoms with van der Waals surface area (Å²) in [5.41, 5.74) is 2.04. The highest BCUT2D eigenvalue weighted by molar-refractivity contribution is 5.48. The Morgan fingerprint density at radius 1 is 0.962 bits per heavy atom. The molecule has 0 saturated carbocycles. The minimum atomic E-state index is -0.351. The van der Waals surface area contributed by atoms with E-state index < -0.39 is 0 Å². The Morgan fingerprint density at radius 3 is 2.38 bits per heavy atom. The number of benzene rings is 2. The number of hydrogen-bond donors (Lipinski definition) is 0. The molecule has 2 aromatic rings. The van der Waals surface area contributed by atoms with Gasteiger partial charge in [0.15, 0.2) is 5.75 Å². The maximum Gasteiger partial charge on any atom is 0.311 e. The molecule has 0 aromatic heterocycles. The Labute approximate surface area is 154 Å². The molecule has 5 heteroatoms. The topological polar surface area (TPSA) is 55.6 Å². The predicted octanol–water partition coefficient (Wildman–Crippen LogP) is 4.59. The van der Waals surface area contributed by atoms with Crippen molar-refractivity contribution in [3.05, 3.63) is 69.8 Å². The second kappa shape index (κ2) is 9.34. The van der Waals surface area contributed by atoms with Crippen LogP contribution in [0.15, 0.2) is 48.5 Å². The summed E-state index contributed by atoms with van der Waals surface area (Å²) < 4.78 is 5.70. The summed E-state index contributed by atoms with van der Waals surface area (Å²) in [6.45, 7) is 3.57. The van der Waals surface area contributed by atoms with Gasteiger partial charge in [0.2, 0.25) is 0 Å². The molecule has 3 rings (SSSR count). The summed E-state index contributed by atoms with van der Waals surface area (Å²) in [5.74, 6) is 0.331. The van der Waals surface area contributed by atoms with Gasteiger partial charge in [-0.3, -0.25) is 10.1 Å². The monoisotopic (exact) mass is 354 g/mol. The maximum atomic E-state index is 11.5. The lowest BCUT2D eigenvalue weighted by molar-refractivity contribution is -0.386. The van der Waals surface area contributed by atoms with Gasteiger partial charge in [-0.15, -0.1) is 0 Å². The first-order valence-corrected chi connectivity index (χ1v) is 9.39. The SMILES string of the molecule is O=[N+]([O-])c1cc(CCN2CCCCCC2)ccc1OCc1ccccc1. The van der Waals surface area contributed by atoms with Gasteiger partial charge in [-0.2, -0.15) is 0 Å². The Bertz CT molecular complexity index is 710. The van der Waals surface area contributed by atoms with Crippen molar-refractivity contribution in [3.63, 3.8) is 0 Å². The second-order valence-corrected chi connectivity index (χ2v) is 6.84. The third kappa shape index (κ3) is 5.30. The summed E-state index contributed by atoms with van der Waals surface area (Å²) in [5, 5.41) is 11.5. The Kier molecular flexibility index (Phi) is 6.61. The average molecular weight is 354 g/mol. The molecule has 0 bridgehead atoms. The van der Waals surface area contributed by atoms with Crippen molar-refractivity contribution >= 4 is 5.69 Å². The van der Waals surface area contributed by atoms with Crippen molar-refractivity contribution < 1.29 is 9.66 Å². The zero-order valence-corrected chi connectivity index (χ0v) is 15.1. The van der Waals surface area contributed by atoms with Crippen molar-refractivity contribution in [1.29, 1.82) is 0 Å². The van der Waals surface area contributed by atoms with Gasteiger partial charge in [0.25, 0.3) is 0 Å². The van der Waals surface area contributed by atoms with Crippen LogP contribution in [0.4, 0.5) is 5.69 Å². The zero-order chi connectivity index (χ0) is 18.2. The molecule has 0 N–H and O–H groups in total. The van der Waals surface area contributed by atoms with Crippen LogP contribution in [0.25, 0.3) is 0 Å². The van der Waals surface area contributed by atoms with Crippen LogP contribution in [0.3, 0.4) is 0 Å². The fourth-order valence-electron chi connectivity index (χ4n) is 3.37. The first-order valence-electron chi connectivity index (χ1n) is 9.39. The van der Waals surface area contributed by atoms with E-state index in [1.54, 1.807) is 12.1 Å². The quantitative estimate of drug-likeness (QED) is 0.539. The lowest BCUT2D eigenvalue weighted by Gasteiger charge is -2.19. The first kappa shape index (κ1) is 18.4. The van der Waals surface area contributed by atoms with E-state index in [1.807, 2.05) is 36.4 Å². The molecule has 26 heavy (non-hydrogen) atoms. The fourth-order valence-corrected chi connectivity index (χ4v) is 3.37. The molecule has 0 amide bonds. The van der Waals surface area contributed by atoms with E-state index in [9.17, 15) is 10.1 Å². The summed E-state index contributed by atoms with van der Waals surface area (Å²) in [4.78, 5) is 13.6. The molecule has 1 saturated heterocycles. The molecule has 5 nitrogen and oxygen atoms in total. The predicted molar refractivity (Wildman–Crippen MR) is 102 cm³/mol. The number of rotatable bonds is 7. The molecule has 1 heterocycles. The number of nitro benzene ring substituents is 1. The molecule has 0 radical (unpaired) electrons. The minimum absolute atomic E-state index is 0.0503. The van der Waals surface area contributed by atoms with E-state index in [2.05, 4.69) is 4.90 Å². The standard InChI is InChI=1S/C21H26N2O3/c24-23(25)20-16-18(12-15-22-13-6-1-2-7-14-22)10-11-21(20)26-17-19-8-4-3-5-9-19/h3-5,8-11,16H,1-2,6-7,12-15,17H2. The van der Waals surface area contributed by atoms with Crippen LogP contribution < -0.4 is 4.74 Å². The fraction of sp³-hybridized carbons (Fsp3) is 0.429. The lowest BCUT2D eigenvalue weighted by Crippen LogP contribution is -2.26. The van der Waals surface area contributed by atoms with Crippen molar-refractivity contribution in [2.45, 2.75) is 38.7 Å². The molecule has 1 aliphatic heterocycles. The largest absolute Gasteiger partial charge is 0.482 e. The Morgan fingerprint density at radius 2 is 1.69 bits per heavy atom. The van der Waals surface area contributed by atoms with Gasteiger partial charge in [0.1, 0.15) is 6.61 Å². The van der Waals surface area contributed by atoms with Gasteiger partial charge in [0.05, 0.1) is 4.92 Å². The van der Waals surface area contributed by atoms with E-state index in [4.69, 9.17) is 4.74 Å². The molecule has 0 unspecified atom stereocenters. The van der Waals surface area contributed by atoms with Crippen LogP contribution in [0.5, 0.6) is 5.75 Å². The smallest absolute Gasteiger partial charge is 0.311 e. The molecular weight excluding hydrogens is 328 g/mol. The normalized spacial score (nSPS) is 15.4. The molecule has 0 aliphatic carbocycles. The van der Waals surface area contributed by atoms with Gasteiger partial charge in [-0.05, 0) is 49.5 Å². The number of nitro groups is 1. The highest BCUT2D eigenvalue weighted by atomic mass is 16.6. The average Bonchev–Trinajstić information content (AvgIpc) is 2.94. The third-order valence-electron chi connectivity index (χ3n) is 4.87. The van der Waals surface area contributed by atoms with Crippen LogP contribution in [0.2, 0.25) is 0 Å². The van der Waals surface area contributed by atoms with Crippen molar-refractivity contribution in [3.8, 4) is 5.75 Å². The second-order valence-electron chi connectivity index (χ2n) is 6.84. The van der Waals surface area contributed by atoms with E-state index in [0.29, 0.717) is 12.4 Å². The number of likely N-dealkylation sites (tertiary alicyclic amines) is 1. The van der Waals surface area contributed by atoms with Crippen LogP contribution in [-0.2, 0) is 13.0 Å². The van der Waals surface area contributed by atoms with Crippen LogP contribution in [0.1, 0.15) is 36.8 Å². The summed E-state index contributed by atoms with van der Waals surface area (Å²) in [6.07, 6.45) is 5.98. The molecule has 138 valence electrons. The zero-order valence-electron chi connectivity index (χ0n) is 15.1. The summed E-state index contributed by atoms with van der Waals surface area (Å²) in [6, 6.07) is 15.0. The maximum absolute atomic E-state index is 11.5. The van der Waals surface area contributed by atoms with E-state index >= 15 is 0 Å². The first-order chi connectivity index (χ1) is 12.7. The van der Waals surface area contributed by atoms with Crippen LogP contribution in [0, 0.1) is 10.1 Å². The van der Waals surface area contributed by atoms with Crippen LogP contribution >= 0.6 is 0 Å². The number of ether oxygens (including phenoxy) is 1. The van der Waals surface area contributed by atoms with E-state index in [-0.39, 0.29) is 10.6 Å². The van der Waals surface area contributed by atoms with Gasteiger partial charge in [-0.1, -0.05) is 49.2 Å². The van der Waals surface area contributed by atoms with Gasteiger partial charge in [0, 0.05) is 12.6 Å². The molecular formula is C21H26N2O3. The van der Waals surface area contributed by atoms with E-state index in [1.165, 1.54) is 25.7 Å². The molecule has 2 aromatic carbocycles. The summed E-state index contributed by atoms with van der Waals surface area (Å²) in [7, 11) is 0. The Hall–Kier alpha value is -2.40. The number of hydrogen-bond acceptors (Lipinski definition) is 4. The van der Waals surface area contributed by atoms with Gasteiger partial charge in [-0.25, -0.2) is 0 Å². The molecule has 1 aliphatic rings. The van der Waals surface area contributed by atoms with Crippen molar-refractivity contribution in [1.82, 2.24) is 4.90 Å². The van der Waals surface area contributed by atoms with E-state index in [0.717, 1.165) is 37.2 Å². The molecule has 0 atom stereocenters. The van der Waals surface area contributed by atoms with Gasteiger partial charge >= 0.3 is 5.69 Å². The molecule has 1 fully saturated rings. The van der Waals surface area contributed by atoms with Crippen molar-refractivity contribution in [2.75, 3.05) is 19.6 Å². The highest BCUT2D eigenvalue weighted by Gasteiger charge is 2.17. The minimum Gasteiger partial charge on any atom is -0.482 e. The van der Waals surface area contributed by atoms with Gasteiger partial charge < -0.3 is 9.64 Å². The van der Waals surface area contributed by atoms with Crippen molar-refractivity contribution in [2.24, 2.45) is 0 Å². The Balaban J connectivity index is 1.63. The molecule has 0 spiro atoms. The number of nitrogens with zero attached hydrogens (tertiary/aromatic N) is 2. The van der Waals surface area contributed by atoms with Crippen LogP contribution in [-0.4, -0.2) is 29.5 Å². The highest BCUT2D eigenvalue weighted by Crippen LogP contribution is 2.29. The lowest BCUT2D eigenvalue weighted by atomic mass is 10.1.